The minimum absolute atomic E-state index is 0.572. The second-order valence-electron chi connectivity index (χ2n) is 3.59. The Kier molecular flexibility index (Phi) is 4.75. The van der Waals surface area contributed by atoms with Crippen molar-refractivity contribution in [1.29, 1.82) is 0 Å². The summed E-state index contributed by atoms with van der Waals surface area (Å²) in [5.41, 5.74) is 0. The van der Waals surface area contributed by atoms with Gasteiger partial charge >= 0.3 is 0 Å². The standard InChI is InChI=1S/C13H12Cl2N2S/c1-2-16-13-8-10(5-6-17-13)18-9-3-4-11(14)12(15)7-9/h3-8H,2H2,1H3,(H,16,17). The monoisotopic (exact) mass is 298 g/mol. The van der Waals surface area contributed by atoms with Crippen LogP contribution in [0.2, 0.25) is 10.0 Å². The summed E-state index contributed by atoms with van der Waals surface area (Å²) in [6, 6.07) is 9.59. The number of halogens is 2. The van der Waals surface area contributed by atoms with Crippen molar-refractivity contribution in [3.05, 3.63) is 46.6 Å². The Labute approximate surface area is 121 Å². The third kappa shape index (κ3) is 3.55. The molecular formula is C13H12Cl2N2S. The second-order valence-corrected chi connectivity index (χ2v) is 5.55. The van der Waals surface area contributed by atoms with Gasteiger partial charge < -0.3 is 5.32 Å². The highest BCUT2D eigenvalue weighted by Crippen LogP contribution is 2.32. The largest absolute Gasteiger partial charge is 0.370 e. The van der Waals surface area contributed by atoms with Gasteiger partial charge in [0, 0.05) is 22.5 Å². The number of nitrogens with one attached hydrogen (secondary N) is 1. The molecule has 5 heteroatoms. The average Bonchev–Trinajstić information content (AvgIpc) is 2.35. The molecule has 0 saturated carbocycles. The van der Waals surface area contributed by atoms with Crippen LogP contribution in [0.1, 0.15) is 6.92 Å². The SMILES string of the molecule is CCNc1cc(Sc2ccc(Cl)c(Cl)c2)ccn1. The van der Waals surface area contributed by atoms with Gasteiger partial charge in [-0.3, -0.25) is 0 Å². The number of pyridine rings is 1. The molecule has 0 aliphatic heterocycles. The summed E-state index contributed by atoms with van der Waals surface area (Å²) in [4.78, 5) is 6.40. The highest BCUT2D eigenvalue weighted by atomic mass is 35.5. The van der Waals surface area contributed by atoms with Gasteiger partial charge in [-0.2, -0.15) is 0 Å². The van der Waals surface area contributed by atoms with E-state index in [-0.39, 0.29) is 0 Å². The molecule has 0 aliphatic carbocycles. The van der Waals surface area contributed by atoms with Crippen LogP contribution in [0.5, 0.6) is 0 Å². The van der Waals surface area contributed by atoms with Crippen LogP contribution < -0.4 is 5.32 Å². The van der Waals surface area contributed by atoms with E-state index in [0.29, 0.717) is 10.0 Å². The summed E-state index contributed by atoms with van der Waals surface area (Å²) in [7, 11) is 0. The van der Waals surface area contributed by atoms with Crippen LogP contribution in [0.25, 0.3) is 0 Å². The van der Waals surface area contributed by atoms with Crippen molar-refractivity contribution in [1.82, 2.24) is 4.98 Å². The van der Waals surface area contributed by atoms with Crippen LogP contribution in [-0.4, -0.2) is 11.5 Å². The maximum Gasteiger partial charge on any atom is 0.126 e. The van der Waals surface area contributed by atoms with Crippen LogP contribution in [0.15, 0.2) is 46.3 Å². The first-order valence-electron chi connectivity index (χ1n) is 5.52. The molecule has 0 bridgehead atoms. The van der Waals surface area contributed by atoms with Crippen LogP contribution >= 0.6 is 35.0 Å². The van der Waals surface area contributed by atoms with Crippen LogP contribution in [0.3, 0.4) is 0 Å². The molecule has 2 nitrogen and oxygen atoms in total. The lowest BCUT2D eigenvalue weighted by atomic mass is 10.4. The zero-order valence-electron chi connectivity index (χ0n) is 9.78. The first-order chi connectivity index (χ1) is 8.69. The molecule has 0 atom stereocenters. The molecule has 0 unspecified atom stereocenters. The molecule has 94 valence electrons. The van der Waals surface area contributed by atoms with Gasteiger partial charge in [0.15, 0.2) is 0 Å². The highest BCUT2D eigenvalue weighted by molar-refractivity contribution is 7.99. The van der Waals surface area contributed by atoms with Gasteiger partial charge in [-0.05, 0) is 37.3 Å². The quantitative estimate of drug-likeness (QED) is 0.862. The molecule has 1 heterocycles. The molecule has 0 amide bonds. The zero-order chi connectivity index (χ0) is 13.0. The van der Waals surface area contributed by atoms with Crippen molar-refractivity contribution in [3.8, 4) is 0 Å². The predicted molar refractivity (Wildman–Crippen MR) is 79.0 cm³/mol. The summed E-state index contributed by atoms with van der Waals surface area (Å²) in [6.45, 7) is 2.90. The normalized spacial score (nSPS) is 10.4. The lowest BCUT2D eigenvalue weighted by Crippen LogP contribution is -1.98. The molecule has 1 aromatic heterocycles. The average molecular weight is 299 g/mol. The molecule has 2 aromatic rings. The van der Waals surface area contributed by atoms with Crippen LogP contribution in [0.4, 0.5) is 5.82 Å². The Hall–Kier alpha value is -0.900. The summed E-state index contributed by atoms with van der Waals surface area (Å²) in [5.74, 6) is 0.877. The van der Waals surface area contributed by atoms with Crippen molar-refractivity contribution in [3.63, 3.8) is 0 Å². The van der Waals surface area contributed by atoms with Crippen LogP contribution in [0, 0.1) is 0 Å². The van der Waals surface area contributed by atoms with Gasteiger partial charge in [0.05, 0.1) is 10.0 Å². The van der Waals surface area contributed by atoms with E-state index in [0.717, 1.165) is 22.2 Å². The number of hydrogen-bond donors (Lipinski definition) is 1. The van der Waals surface area contributed by atoms with Crippen molar-refractivity contribution < 1.29 is 0 Å². The fraction of sp³-hybridized carbons (Fsp3) is 0.154. The molecule has 2 rings (SSSR count). The summed E-state index contributed by atoms with van der Waals surface area (Å²) < 4.78 is 0. The van der Waals surface area contributed by atoms with E-state index in [1.807, 2.05) is 31.2 Å². The topological polar surface area (TPSA) is 24.9 Å². The first-order valence-corrected chi connectivity index (χ1v) is 7.09. The van der Waals surface area contributed by atoms with Crippen LogP contribution in [-0.2, 0) is 0 Å². The van der Waals surface area contributed by atoms with Crippen molar-refractivity contribution in [2.45, 2.75) is 16.7 Å². The van der Waals surface area contributed by atoms with Gasteiger partial charge in [0.1, 0.15) is 5.82 Å². The molecule has 0 spiro atoms. The molecule has 0 radical (unpaired) electrons. The Morgan fingerprint density at radius 3 is 2.61 bits per heavy atom. The third-order valence-electron chi connectivity index (χ3n) is 2.22. The van der Waals surface area contributed by atoms with E-state index in [4.69, 9.17) is 23.2 Å². The van der Waals surface area contributed by atoms with E-state index >= 15 is 0 Å². The third-order valence-corrected chi connectivity index (χ3v) is 3.93. The van der Waals surface area contributed by atoms with E-state index in [1.54, 1.807) is 24.0 Å². The second kappa shape index (κ2) is 6.32. The lowest BCUT2D eigenvalue weighted by molar-refractivity contribution is 1.14. The number of benzene rings is 1. The Bertz CT molecular complexity index is 546. The van der Waals surface area contributed by atoms with E-state index < -0.39 is 0 Å². The minimum Gasteiger partial charge on any atom is -0.370 e. The minimum atomic E-state index is 0.572. The smallest absolute Gasteiger partial charge is 0.126 e. The molecule has 18 heavy (non-hydrogen) atoms. The molecular weight excluding hydrogens is 287 g/mol. The fourth-order valence-electron chi connectivity index (χ4n) is 1.43. The molecule has 1 N–H and O–H groups in total. The van der Waals surface area contributed by atoms with Crippen molar-refractivity contribution in [2.75, 3.05) is 11.9 Å². The van der Waals surface area contributed by atoms with E-state index in [1.165, 1.54) is 0 Å². The summed E-state index contributed by atoms with van der Waals surface area (Å²) in [6.07, 6.45) is 1.79. The zero-order valence-corrected chi connectivity index (χ0v) is 12.1. The number of hydrogen-bond acceptors (Lipinski definition) is 3. The molecule has 1 aromatic carbocycles. The molecule has 0 aliphatic rings. The molecule has 0 saturated heterocycles. The Balaban J connectivity index is 2.17. The van der Waals surface area contributed by atoms with Gasteiger partial charge in [0.2, 0.25) is 0 Å². The highest BCUT2D eigenvalue weighted by Gasteiger charge is 2.03. The van der Waals surface area contributed by atoms with Gasteiger partial charge in [0.25, 0.3) is 0 Å². The maximum absolute atomic E-state index is 5.99. The van der Waals surface area contributed by atoms with Gasteiger partial charge in [-0.1, -0.05) is 35.0 Å². The number of anilines is 1. The summed E-state index contributed by atoms with van der Waals surface area (Å²) >= 11 is 13.5. The van der Waals surface area contributed by atoms with Crippen molar-refractivity contribution in [2.24, 2.45) is 0 Å². The van der Waals surface area contributed by atoms with E-state index in [2.05, 4.69) is 10.3 Å². The Morgan fingerprint density at radius 1 is 1.11 bits per heavy atom. The van der Waals surface area contributed by atoms with Gasteiger partial charge in [-0.15, -0.1) is 0 Å². The summed E-state index contributed by atoms with van der Waals surface area (Å²) in [5, 5.41) is 4.33. The van der Waals surface area contributed by atoms with Crippen molar-refractivity contribution >= 4 is 40.8 Å². The maximum atomic E-state index is 5.99. The fourth-order valence-corrected chi connectivity index (χ4v) is 2.68. The lowest BCUT2D eigenvalue weighted by Gasteiger charge is -2.06. The first kappa shape index (κ1) is 13.5. The van der Waals surface area contributed by atoms with E-state index in [9.17, 15) is 0 Å². The number of rotatable bonds is 4. The number of aromatic nitrogens is 1. The van der Waals surface area contributed by atoms with Gasteiger partial charge in [-0.25, -0.2) is 4.98 Å². The molecule has 0 fully saturated rings. The Morgan fingerprint density at radius 2 is 1.89 bits per heavy atom. The number of nitrogens with zero attached hydrogens (tertiary/aromatic N) is 1. The predicted octanol–water partition coefficient (Wildman–Crippen LogP) is 4.97.